The predicted molar refractivity (Wildman–Crippen MR) is 84.8 cm³/mol. The number of benzene rings is 1. The lowest BCUT2D eigenvalue weighted by Crippen LogP contribution is -2.26. The zero-order valence-electron chi connectivity index (χ0n) is 10.9. The van der Waals surface area contributed by atoms with Gasteiger partial charge in [-0.3, -0.25) is 4.31 Å². The van der Waals surface area contributed by atoms with E-state index in [0.717, 1.165) is 11.3 Å². The van der Waals surface area contributed by atoms with E-state index in [-0.39, 0.29) is 9.20 Å². The van der Waals surface area contributed by atoms with Crippen LogP contribution in [-0.2, 0) is 10.0 Å². The van der Waals surface area contributed by atoms with E-state index in [1.54, 1.807) is 31.2 Å². The molecule has 2 aromatic rings. The van der Waals surface area contributed by atoms with Crippen molar-refractivity contribution in [3.05, 3.63) is 41.0 Å². The lowest BCUT2D eigenvalue weighted by atomic mass is 10.2. The van der Waals surface area contributed by atoms with Crippen LogP contribution in [0.2, 0.25) is 0 Å². The van der Waals surface area contributed by atoms with E-state index in [0.29, 0.717) is 16.3 Å². The number of aryl methyl sites for hydroxylation is 1. The zero-order chi connectivity index (χ0) is 14.9. The van der Waals surface area contributed by atoms with Gasteiger partial charge in [-0.2, -0.15) is 0 Å². The molecule has 1 aromatic carbocycles. The van der Waals surface area contributed by atoms with Crippen LogP contribution >= 0.6 is 23.6 Å². The number of nitrogens with two attached hydrogens (primary N) is 1. The summed E-state index contributed by atoms with van der Waals surface area (Å²) < 4.78 is 26.3. The van der Waals surface area contributed by atoms with Gasteiger partial charge in [-0.15, -0.1) is 11.3 Å². The zero-order valence-corrected chi connectivity index (χ0v) is 13.3. The Bertz CT molecular complexity index is 753. The van der Waals surface area contributed by atoms with Crippen LogP contribution in [0.5, 0.6) is 0 Å². The third kappa shape index (κ3) is 2.82. The van der Waals surface area contributed by atoms with E-state index in [9.17, 15) is 8.42 Å². The van der Waals surface area contributed by atoms with Crippen molar-refractivity contribution in [2.75, 3.05) is 11.4 Å². The highest BCUT2D eigenvalue weighted by molar-refractivity contribution is 7.94. The van der Waals surface area contributed by atoms with Gasteiger partial charge in [0, 0.05) is 12.6 Å². The summed E-state index contributed by atoms with van der Waals surface area (Å²) >= 11 is 6.04. The van der Waals surface area contributed by atoms with Gasteiger partial charge in [0.1, 0.15) is 4.99 Å². The summed E-state index contributed by atoms with van der Waals surface area (Å²) in [5.41, 5.74) is 6.69. The Morgan fingerprint density at radius 3 is 2.70 bits per heavy atom. The first-order chi connectivity index (χ1) is 9.32. The summed E-state index contributed by atoms with van der Waals surface area (Å²) in [6.07, 6.45) is 1.36. The number of thiazole rings is 1. The molecule has 0 aliphatic rings. The average molecular weight is 327 g/mol. The normalized spacial score (nSPS) is 11.3. The Labute approximate surface area is 127 Å². The van der Waals surface area contributed by atoms with E-state index in [1.807, 2.05) is 0 Å². The van der Waals surface area contributed by atoms with E-state index in [1.165, 1.54) is 17.5 Å². The summed E-state index contributed by atoms with van der Waals surface area (Å²) in [7, 11) is -2.12. The Hall–Kier alpha value is -1.51. The van der Waals surface area contributed by atoms with Gasteiger partial charge in [0.15, 0.2) is 4.21 Å². The minimum atomic E-state index is -3.61. The van der Waals surface area contributed by atoms with E-state index in [2.05, 4.69) is 4.98 Å². The van der Waals surface area contributed by atoms with Crippen LogP contribution in [0.4, 0.5) is 5.69 Å². The number of sulfonamides is 1. The SMILES string of the molecule is Cc1ncc(S(=O)(=O)N(C)c2cccc(C(N)=S)c2)s1. The number of nitrogens with zero attached hydrogens (tertiary/aromatic N) is 2. The second-order valence-corrected chi connectivity index (χ2v) is 7.96. The molecule has 0 amide bonds. The Morgan fingerprint density at radius 2 is 2.15 bits per heavy atom. The standard InChI is InChI=1S/C12H13N3O2S3/c1-8-14-7-11(19-8)20(16,17)15(2)10-5-3-4-9(6-10)12(13)18/h3-7H,1-2H3,(H2,13,18). The fourth-order valence-corrected chi connectivity index (χ4v) is 4.18. The maximum atomic E-state index is 12.5. The minimum absolute atomic E-state index is 0.207. The maximum absolute atomic E-state index is 12.5. The van der Waals surface area contributed by atoms with Crippen molar-refractivity contribution >= 4 is 44.3 Å². The van der Waals surface area contributed by atoms with Gasteiger partial charge in [0.25, 0.3) is 10.0 Å². The van der Waals surface area contributed by atoms with E-state index >= 15 is 0 Å². The molecule has 0 radical (unpaired) electrons. The second kappa shape index (κ2) is 5.47. The lowest BCUT2D eigenvalue weighted by molar-refractivity contribution is 0.596. The summed E-state index contributed by atoms with van der Waals surface area (Å²) in [5, 5.41) is 0.703. The van der Waals surface area contributed by atoms with Crippen LogP contribution < -0.4 is 10.0 Å². The molecule has 106 valence electrons. The van der Waals surface area contributed by atoms with Crippen molar-refractivity contribution < 1.29 is 8.42 Å². The molecular formula is C12H13N3O2S3. The Kier molecular flexibility index (Phi) is 4.07. The molecule has 0 saturated carbocycles. The van der Waals surface area contributed by atoms with Crippen LogP contribution in [0.1, 0.15) is 10.6 Å². The first kappa shape index (κ1) is 14.9. The highest BCUT2D eigenvalue weighted by atomic mass is 32.2. The molecule has 0 aliphatic carbocycles. The molecular weight excluding hydrogens is 314 g/mol. The number of thiocarbonyl (C=S) groups is 1. The summed E-state index contributed by atoms with van der Waals surface area (Å²) in [4.78, 5) is 4.20. The van der Waals surface area contributed by atoms with Gasteiger partial charge in [-0.25, -0.2) is 13.4 Å². The van der Waals surface area contributed by atoms with Gasteiger partial charge in [0.2, 0.25) is 0 Å². The fourth-order valence-electron chi connectivity index (χ4n) is 1.59. The molecule has 8 heteroatoms. The van der Waals surface area contributed by atoms with Gasteiger partial charge >= 0.3 is 0 Å². The Morgan fingerprint density at radius 1 is 1.45 bits per heavy atom. The topological polar surface area (TPSA) is 76.3 Å². The maximum Gasteiger partial charge on any atom is 0.275 e. The van der Waals surface area contributed by atoms with Gasteiger partial charge in [0.05, 0.1) is 16.9 Å². The molecule has 0 atom stereocenters. The molecule has 0 aliphatic heterocycles. The molecule has 20 heavy (non-hydrogen) atoms. The third-order valence-electron chi connectivity index (χ3n) is 2.71. The highest BCUT2D eigenvalue weighted by Crippen LogP contribution is 2.26. The highest BCUT2D eigenvalue weighted by Gasteiger charge is 2.23. The second-order valence-electron chi connectivity index (χ2n) is 4.09. The van der Waals surface area contributed by atoms with Crippen LogP contribution in [0.15, 0.2) is 34.7 Å². The predicted octanol–water partition coefficient (Wildman–Crippen LogP) is 1.91. The fraction of sp³-hybridized carbons (Fsp3) is 0.167. The molecule has 0 spiro atoms. The molecule has 0 unspecified atom stereocenters. The molecule has 2 N–H and O–H groups in total. The molecule has 5 nitrogen and oxygen atoms in total. The van der Waals surface area contributed by atoms with Crippen LogP contribution in [0, 0.1) is 6.92 Å². The number of anilines is 1. The van der Waals surface area contributed by atoms with Crippen molar-refractivity contribution in [2.45, 2.75) is 11.1 Å². The number of hydrogen-bond acceptors (Lipinski definition) is 5. The molecule has 0 bridgehead atoms. The largest absolute Gasteiger partial charge is 0.389 e. The number of hydrogen-bond donors (Lipinski definition) is 1. The van der Waals surface area contributed by atoms with Gasteiger partial charge in [-0.1, -0.05) is 24.4 Å². The van der Waals surface area contributed by atoms with E-state index < -0.39 is 10.0 Å². The van der Waals surface area contributed by atoms with Crippen LogP contribution in [-0.4, -0.2) is 25.4 Å². The minimum Gasteiger partial charge on any atom is -0.389 e. The monoisotopic (exact) mass is 327 g/mol. The van der Waals surface area contributed by atoms with E-state index in [4.69, 9.17) is 18.0 Å². The molecule has 1 heterocycles. The molecule has 0 fully saturated rings. The number of aromatic nitrogens is 1. The van der Waals surface area contributed by atoms with Crippen molar-refractivity contribution in [1.29, 1.82) is 0 Å². The summed E-state index contributed by atoms with van der Waals surface area (Å²) in [5.74, 6) is 0. The third-order valence-corrected chi connectivity index (χ3v) is 6.08. The lowest BCUT2D eigenvalue weighted by Gasteiger charge is -2.18. The first-order valence-corrected chi connectivity index (χ1v) is 8.30. The quantitative estimate of drug-likeness (QED) is 0.868. The van der Waals surface area contributed by atoms with Gasteiger partial charge in [-0.05, 0) is 19.1 Å². The Balaban J connectivity index is 2.43. The van der Waals surface area contributed by atoms with Gasteiger partial charge < -0.3 is 5.73 Å². The van der Waals surface area contributed by atoms with Crippen molar-refractivity contribution in [2.24, 2.45) is 5.73 Å². The molecule has 1 aromatic heterocycles. The molecule has 2 rings (SSSR count). The van der Waals surface area contributed by atoms with Crippen molar-refractivity contribution in [3.63, 3.8) is 0 Å². The molecule has 0 saturated heterocycles. The average Bonchev–Trinajstić information content (AvgIpc) is 2.85. The number of rotatable bonds is 4. The van der Waals surface area contributed by atoms with Crippen LogP contribution in [0.25, 0.3) is 0 Å². The summed E-state index contributed by atoms with van der Waals surface area (Å²) in [6.45, 7) is 1.76. The summed E-state index contributed by atoms with van der Waals surface area (Å²) in [6, 6.07) is 6.79. The van der Waals surface area contributed by atoms with Crippen molar-refractivity contribution in [3.8, 4) is 0 Å². The van der Waals surface area contributed by atoms with Crippen molar-refractivity contribution in [1.82, 2.24) is 4.98 Å². The van der Waals surface area contributed by atoms with Crippen LogP contribution in [0.3, 0.4) is 0 Å². The first-order valence-electron chi connectivity index (χ1n) is 5.63. The smallest absolute Gasteiger partial charge is 0.275 e.